The molecule has 116 valence electrons. The number of anilines is 2. The molecule has 0 saturated carbocycles. The van der Waals surface area contributed by atoms with Crippen LogP contribution >= 0.6 is 11.6 Å². The summed E-state index contributed by atoms with van der Waals surface area (Å²) in [5, 5.41) is 10.7. The van der Waals surface area contributed by atoms with Crippen LogP contribution in [-0.2, 0) is 0 Å². The normalized spacial score (nSPS) is 15.7. The zero-order valence-electron chi connectivity index (χ0n) is 12.0. The standard InChI is InChI=1S/C15H12ClN5O2/c1-6-9-10(7-3-2-4-8(16)5-7)11-12(17-13(9)21-20-6)18-15(23)19-14(11)22/h2-5,10H,1H3,(H4,17,18,19,20,21,22,23). The smallest absolute Gasteiger partial charge is 0.324 e. The molecule has 1 aliphatic heterocycles. The van der Waals surface area contributed by atoms with Crippen molar-refractivity contribution >= 4 is 23.2 Å². The molecular weight excluding hydrogens is 318 g/mol. The molecule has 1 aliphatic rings. The Balaban J connectivity index is 2.07. The average molecular weight is 330 g/mol. The molecule has 4 N–H and O–H groups in total. The van der Waals surface area contributed by atoms with Crippen molar-refractivity contribution in [1.82, 2.24) is 20.2 Å². The molecule has 1 aromatic carbocycles. The minimum absolute atomic E-state index is 0.350. The van der Waals surface area contributed by atoms with E-state index in [4.69, 9.17) is 11.6 Å². The van der Waals surface area contributed by atoms with Gasteiger partial charge in [0.05, 0.1) is 5.56 Å². The number of aromatic nitrogens is 4. The summed E-state index contributed by atoms with van der Waals surface area (Å²) >= 11 is 6.11. The Morgan fingerprint density at radius 3 is 2.78 bits per heavy atom. The molecule has 2 aromatic heterocycles. The van der Waals surface area contributed by atoms with Crippen LogP contribution in [0.5, 0.6) is 0 Å². The molecule has 3 heterocycles. The van der Waals surface area contributed by atoms with Gasteiger partial charge in [0.15, 0.2) is 5.82 Å². The van der Waals surface area contributed by atoms with E-state index in [1.165, 1.54) is 0 Å². The summed E-state index contributed by atoms with van der Waals surface area (Å²) in [7, 11) is 0. The number of nitrogens with one attached hydrogen (secondary N) is 4. The largest absolute Gasteiger partial charge is 0.327 e. The van der Waals surface area contributed by atoms with E-state index in [-0.39, 0.29) is 5.92 Å². The summed E-state index contributed by atoms with van der Waals surface area (Å²) in [5.41, 5.74) is 1.98. The molecule has 0 fully saturated rings. The van der Waals surface area contributed by atoms with Gasteiger partial charge in [-0.3, -0.25) is 19.9 Å². The Hall–Kier alpha value is -2.80. The molecule has 0 bridgehead atoms. The topological polar surface area (TPSA) is 106 Å². The van der Waals surface area contributed by atoms with Gasteiger partial charge in [-0.1, -0.05) is 23.7 Å². The Morgan fingerprint density at radius 2 is 2.00 bits per heavy atom. The molecule has 23 heavy (non-hydrogen) atoms. The first-order valence-electron chi connectivity index (χ1n) is 6.98. The number of fused-ring (bicyclic) bond motifs is 2. The highest BCUT2D eigenvalue weighted by Gasteiger charge is 2.33. The van der Waals surface area contributed by atoms with E-state index >= 15 is 0 Å². The highest BCUT2D eigenvalue weighted by molar-refractivity contribution is 6.30. The molecule has 4 rings (SSSR count). The van der Waals surface area contributed by atoms with Gasteiger partial charge in [-0.15, -0.1) is 0 Å². The average Bonchev–Trinajstić information content (AvgIpc) is 2.86. The molecule has 0 saturated heterocycles. The minimum atomic E-state index is -0.568. The summed E-state index contributed by atoms with van der Waals surface area (Å²) in [6, 6.07) is 7.30. The Morgan fingerprint density at radius 1 is 1.17 bits per heavy atom. The van der Waals surface area contributed by atoms with Crippen molar-refractivity contribution in [3.8, 4) is 0 Å². The van der Waals surface area contributed by atoms with E-state index in [9.17, 15) is 9.59 Å². The molecule has 0 aliphatic carbocycles. The lowest BCUT2D eigenvalue weighted by molar-refractivity contribution is 0.881. The first kappa shape index (κ1) is 13.8. The number of aromatic amines is 3. The summed E-state index contributed by atoms with van der Waals surface area (Å²) < 4.78 is 0. The Kier molecular flexibility index (Phi) is 2.92. The van der Waals surface area contributed by atoms with Crippen molar-refractivity contribution in [1.29, 1.82) is 0 Å². The molecule has 0 amide bonds. The molecule has 0 spiro atoms. The predicted molar refractivity (Wildman–Crippen MR) is 86.7 cm³/mol. The van der Waals surface area contributed by atoms with Gasteiger partial charge >= 0.3 is 5.69 Å². The van der Waals surface area contributed by atoms with Crippen LogP contribution in [0.2, 0.25) is 5.02 Å². The summed E-state index contributed by atoms with van der Waals surface area (Å²) in [6.07, 6.45) is 0. The van der Waals surface area contributed by atoms with Crippen LogP contribution in [0.4, 0.5) is 11.6 Å². The number of aryl methyl sites for hydroxylation is 1. The number of hydrogen-bond acceptors (Lipinski definition) is 4. The van der Waals surface area contributed by atoms with Crippen LogP contribution in [0, 0.1) is 6.92 Å². The third-order valence-corrected chi connectivity index (χ3v) is 4.21. The van der Waals surface area contributed by atoms with Crippen LogP contribution in [0.1, 0.15) is 28.3 Å². The quantitative estimate of drug-likeness (QED) is 0.428. The number of benzene rings is 1. The van der Waals surface area contributed by atoms with Crippen molar-refractivity contribution in [3.63, 3.8) is 0 Å². The van der Waals surface area contributed by atoms with Gasteiger partial charge in [-0.2, -0.15) is 5.10 Å². The van der Waals surface area contributed by atoms with E-state index in [1.807, 2.05) is 25.1 Å². The van der Waals surface area contributed by atoms with Crippen molar-refractivity contribution in [2.24, 2.45) is 0 Å². The number of nitrogens with zero attached hydrogens (tertiary/aromatic N) is 1. The molecule has 1 unspecified atom stereocenters. The maximum absolute atomic E-state index is 12.4. The van der Waals surface area contributed by atoms with E-state index in [2.05, 4.69) is 25.5 Å². The van der Waals surface area contributed by atoms with Crippen molar-refractivity contribution < 1.29 is 0 Å². The van der Waals surface area contributed by atoms with Crippen molar-refractivity contribution in [2.45, 2.75) is 12.8 Å². The third kappa shape index (κ3) is 2.08. The SMILES string of the molecule is Cc1[nH]nc2c1C(c1cccc(Cl)c1)c1c([nH]c(=O)[nH]c1=O)N2. The lowest BCUT2D eigenvalue weighted by Gasteiger charge is -2.25. The summed E-state index contributed by atoms with van der Waals surface area (Å²) in [5.74, 6) is 0.559. The first-order valence-corrected chi connectivity index (χ1v) is 7.36. The van der Waals surface area contributed by atoms with Crippen LogP contribution in [0.25, 0.3) is 0 Å². The fourth-order valence-corrected chi connectivity index (χ4v) is 3.24. The van der Waals surface area contributed by atoms with Gasteiger partial charge in [-0.25, -0.2) is 4.79 Å². The lowest BCUT2D eigenvalue weighted by Crippen LogP contribution is -2.31. The van der Waals surface area contributed by atoms with Crippen molar-refractivity contribution in [3.05, 3.63) is 72.5 Å². The maximum atomic E-state index is 12.4. The molecule has 0 radical (unpaired) electrons. The van der Waals surface area contributed by atoms with E-state index < -0.39 is 11.2 Å². The second-order valence-corrected chi connectivity index (χ2v) is 5.86. The van der Waals surface area contributed by atoms with Gasteiger partial charge in [0, 0.05) is 22.2 Å². The third-order valence-electron chi connectivity index (χ3n) is 3.98. The monoisotopic (exact) mass is 329 g/mol. The van der Waals surface area contributed by atoms with Gasteiger partial charge in [0.2, 0.25) is 0 Å². The van der Waals surface area contributed by atoms with Gasteiger partial charge in [0.1, 0.15) is 5.82 Å². The number of rotatable bonds is 1. The predicted octanol–water partition coefficient (Wildman–Crippen LogP) is 1.99. The molecule has 7 nitrogen and oxygen atoms in total. The molecule has 1 atom stereocenters. The number of H-pyrrole nitrogens is 3. The van der Waals surface area contributed by atoms with Gasteiger partial charge in [-0.05, 0) is 24.6 Å². The van der Waals surface area contributed by atoms with Crippen molar-refractivity contribution in [2.75, 3.05) is 5.32 Å². The second kappa shape index (κ2) is 4.85. The number of halogens is 1. The first-order chi connectivity index (χ1) is 11.0. The second-order valence-electron chi connectivity index (χ2n) is 5.42. The summed E-state index contributed by atoms with van der Waals surface area (Å²) in [6.45, 7) is 1.88. The van der Waals surface area contributed by atoms with E-state index in [0.717, 1.165) is 16.8 Å². The Bertz CT molecular complexity index is 1030. The minimum Gasteiger partial charge on any atom is -0.324 e. The molecular formula is C15H12ClN5O2. The van der Waals surface area contributed by atoms with Crippen LogP contribution in [0.15, 0.2) is 33.9 Å². The fraction of sp³-hybridized carbons (Fsp3) is 0.133. The fourth-order valence-electron chi connectivity index (χ4n) is 3.04. The summed E-state index contributed by atoms with van der Waals surface area (Å²) in [4.78, 5) is 28.9. The van der Waals surface area contributed by atoms with E-state index in [0.29, 0.717) is 22.2 Å². The zero-order valence-corrected chi connectivity index (χ0v) is 12.8. The van der Waals surface area contributed by atoms with Gasteiger partial charge in [0.25, 0.3) is 5.56 Å². The number of hydrogen-bond donors (Lipinski definition) is 4. The zero-order chi connectivity index (χ0) is 16.1. The molecule has 8 heteroatoms. The van der Waals surface area contributed by atoms with Crippen LogP contribution < -0.4 is 16.6 Å². The van der Waals surface area contributed by atoms with E-state index in [1.54, 1.807) is 6.07 Å². The lowest BCUT2D eigenvalue weighted by atomic mass is 9.83. The molecule has 3 aromatic rings. The Labute approximate surface area is 134 Å². The van der Waals surface area contributed by atoms with Crippen LogP contribution in [0.3, 0.4) is 0 Å². The highest BCUT2D eigenvalue weighted by Crippen LogP contribution is 2.42. The van der Waals surface area contributed by atoms with Crippen LogP contribution in [-0.4, -0.2) is 20.2 Å². The highest BCUT2D eigenvalue weighted by atomic mass is 35.5. The van der Waals surface area contributed by atoms with Gasteiger partial charge < -0.3 is 5.32 Å². The maximum Gasteiger partial charge on any atom is 0.327 e.